The zero-order valence-electron chi connectivity index (χ0n) is 16.5. The number of anilines is 1. The zero-order valence-corrected chi connectivity index (χ0v) is 18.2. The average Bonchev–Trinajstić information content (AvgIpc) is 2.73. The number of hydrogen-bond donors (Lipinski definition) is 1. The third kappa shape index (κ3) is 4.95. The predicted molar refractivity (Wildman–Crippen MR) is 117 cm³/mol. The molecule has 9 heteroatoms. The first kappa shape index (κ1) is 21.5. The summed E-state index contributed by atoms with van der Waals surface area (Å²) in [5, 5.41) is 0. The molecule has 0 atom stereocenters. The second kappa shape index (κ2) is 8.41. The highest BCUT2D eigenvalue weighted by atomic mass is 32.2. The lowest BCUT2D eigenvalue weighted by Gasteiger charge is -2.28. The molecule has 1 heterocycles. The van der Waals surface area contributed by atoms with Gasteiger partial charge in [0.1, 0.15) is 5.82 Å². The van der Waals surface area contributed by atoms with E-state index in [1.54, 1.807) is 48.5 Å². The number of rotatable bonds is 6. The largest absolute Gasteiger partial charge is 0.283 e. The van der Waals surface area contributed by atoms with Crippen LogP contribution < -0.4 is 4.72 Å². The van der Waals surface area contributed by atoms with Crippen molar-refractivity contribution in [2.24, 2.45) is 0 Å². The number of nitrogens with zero attached hydrogens (tertiary/aromatic N) is 1. The van der Waals surface area contributed by atoms with Crippen LogP contribution >= 0.6 is 0 Å². The summed E-state index contributed by atoms with van der Waals surface area (Å²) in [6, 6.07) is 18.8. The molecule has 31 heavy (non-hydrogen) atoms. The molecule has 0 amide bonds. The van der Waals surface area contributed by atoms with Crippen molar-refractivity contribution in [1.82, 2.24) is 4.31 Å². The molecular weight excluding hydrogens is 439 g/mol. The summed E-state index contributed by atoms with van der Waals surface area (Å²) in [6.07, 6.45) is 0.539. The van der Waals surface area contributed by atoms with Crippen LogP contribution in [-0.2, 0) is 38.8 Å². The molecule has 0 fully saturated rings. The second-order valence-electron chi connectivity index (χ2n) is 7.38. The third-order valence-electron chi connectivity index (χ3n) is 5.08. The van der Waals surface area contributed by atoms with Crippen molar-refractivity contribution in [3.8, 4) is 0 Å². The molecule has 1 aliphatic rings. The minimum absolute atomic E-state index is 0.159. The predicted octanol–water partition coefficient (Wildman–Crippen LogP) is 3.51. The fraction of sp³-hybridized carbons (Fsp3) is 0.182. The van der Waals surface area contributed by atoms with Gasteiger partial charge in [0.2, 0.25) is 20.0 Å². The van der Waals surface area contributed by atoms with Gasteiger partial charge in [0.05, 0.1) is 10.6 Å². The Bertz CT molecular complexity index is 1310. The lowest BCUT2D eigenvalue weighted by atomic mass is 10.0. The van der Waals surface area contributed by atoms with E-state index in [9.17, 15) is 21.2 Å². The van der Waals surface area contributed by atoms with Crippen LogP contribution in [0.15, 0.2) is 77.7 Å². The monoisotopic (exact) mass is 460 g/mol. The van der Waals surface area contributed by atoms with Gasteiger partial charge in [0.15, 0.2) is 0 Å². The molecule has 6 nitrogen and oxygen atoms in total. The molecule has 0 spiro atoms. The van der Waals surface area contributed by atoms with Crippen LogP contribution in [0.4, 0.5) is 10.1 Å². The molecule has 0 aliphatic carbocycles. The summed E-state index contributed by atoms with van der Waals surface area (Å²) in [7, 11) is -7.40. The Morgan fingerprint density at radius 2 is 1.65 bits per heavy atom. The Morgan fingerprint density at radius 1 is 0.871 bits per heavy atom. The normalized spacial score (nSPS) is 14.7. The molecule has 162 valence electrons. The van der Waals surface area contributed by atoms with Crippen molar-refractivity contribution in [2.75, 3.05) is 11.3 Å². The summed E-state index contributed by atoms with van der Waals surface area (Å²) in [5.74, 6) is -0.864. The summed E-state index contributed by atoms with van der Waals surface area (Å²) in [4.78, 5) is 0.227. The number of halogens is 1. The Balaban J connectivity index is 1.53. The lowest BCUT2D eigenvalue weighted by molar-refractivity contribution is 0.391. The van der Waals surface area contributed by atoms with Crippen molar-refractivity contribution in [3.05, 3.63) is 95.3 Å². The van der Waals surface area contributed by atoms with Gasteiger partial charge >= 0.3 is 0 Å². The van der Waals surface area contributed by atoms with Crippen molar-refractivity contribution in [3.63, 3.8) is 0 Å². The minimum atomic E-state index is -3.76. The molecule has 0 saturated heterocycles. The number of hydrogen-bond acceptors (Lipinski definition) is 4. The van der Waals surface area contributed by atoms with Gasteiger partial charge < -0.3 is 0 Å². The van der Waals surface area contributed by atoms with Crippen LogP contribution in [0.1, 0.15) is 16.7 Å². The van der Waals surface area contributed by atoms with E-state index in [1.165, 1.54) is 22.5 Å². The van der Waals surface area contributed by atoms with E-state index in [-0.39, 0.29) is 17.2 Å². The Morgan fingerprint density at radius 3 is 2.39 bits per heavy atom. The minimum Gasteiger partial charge on any atom is -0.283 e. The second-order valence-corrected chi connectivity index (χ2v) is 11.0. The lowest BCUT2D eigenvalue weighted by Crippen LogP contribution is -2.36. The quantitative estimate of drug-likeness (QED) is 0.610. The van der Waals surface area contributed by atoms with E-state index in [1.807, 2.05) is 6.07 Å². The van der Waals surface area contributed by atoms with Crippen LogP contribution in [0.25, 0.3) is 0 Å². The van der Waals surface area contributed by atoms with Gasteiger partial charge in [-0.25, -0.2) is 21.2 Å². The average molecular weight is 461 g/mol. The highest BCUT2D eigenvalue weighted by molar-refractivity contribution is 7.91. The maximum Gasteiger partial charge on any atom is 0.243 e. The molecule has 0 unspecified atom stereocenters. The highest BCUT2D eigenvalue weighted by Crippen LogP contribution is 2.27. The van der Waals surface area contributed by atoms with Gasteiger partial charge in [-0.2, -0.15) is 4.31 Å². The van der Waals surface area contributed by atoms with E-state index >= 15 is 0 Å². The van der Waals surface area contributed by atoms with Gasteiger partial charge in [-0.15, -0.1) is 0 Å². The number of nitrogens with one attached hydrogen (secondary N) is 1. The molecule has 0 aromatic heterocycles. The Kier molecular flexibility index (Phi) is 5.83. The maximum absolute atomic E-state index is 13.3. The molecule has 1 aliphatic heterocycles. The van der Waals surface area contributed by atoms with Crippen LogP contribution in [0.2, 0.25) is 0 Å². The first-order valence-electron chi connectivity index (χ1n) is 9.65. The summed E-state index contributed by atoms with van der Waals surface area (Å²) in [6.45, 7) is 0.515. The van der Waals surface area contributed by atoms with Gasteiger partial charge in [-0.1, -0.05) is 36.4 Å². The van der Waals surface area contributed by atoms with Gasteiger partial charge in [0, 0.05) is 18.8 Å². The SMILES string of the molecule is O=S(=O)(Cc1cccc(F)c1)Nc1ccc2c(c1)CN(S(=O)(=O)c1ccccc1)CC2. The van der Waals surface area contributed by atoms with Crippen LogP contribution in [0.3, 0.4) is 0 Å². The van der Waals surface area contributed by atoms with Crippen molar-refractivity contribution in [1.29, 1.82) is 0 Å². The van der Waals surface area contributed by atoms with Crippen LogP contribution in [0, 0.1) is 5.82 Å². The number of benzene rings is 3. The molecule has 3 aromatic rings. The Hall–Kier alpha value is -2.75. The van der Waals surface area contributed by atoms with Gasteiger partial charge in [-0.05, 0) is 59.5 Å². The topological polar surface area (TPSA) is 83.6 Å². The summed E-state index contributed by atoms with van der Waals surface area (Å²) < 4.78 is 68.1. The van der Waals surface area contributed by atoms with Gasteiger partial charge in [0.25, 0.3) is 0 Å². The van der Waals surface area contributed by atoms with E-state index in [0.717, 1.165) is 11.1 Å². The fourth-order valence-electron chi connectivity index (χ4n) is 3.60. The molecule has 0 saturated carbocycles. The number of fused-ring (bicyclic) bond motifs is 1. The standard InChI is InChI=1S/C22H21FN2O4S2/c23-20-6-4-5-17(13-20)16-30(26,27)24-21-10-9-18-11-12-25(15-19(18)14-21)31(28,29)22-7-2-1-3-8-22/h1-10,13-14,24H,11-12,15-16H2. The smallest absolute Gasteiger partial charge is 0.243 e. The maximum atomic E-state index is 13.3. The van der Waals surface area contributed by atoms with Gasteiger partial charge in [-0.3, -0.25) is 4.72 Å². The molecule has 0 bridgehead atoms. The summed E-state index contributed by atoms with van der Waals surface area (Å²) >= 11 is 0. The first-order chi connectivity index (χ1) is 14.7. The third-order valence-corrected chi connectivity index (χ3v) is 8.20. The molecule has 1 N–H and O–H groups in total. The van der Waals surface area contributed by atoms with Crippen LogP contribution in [0.5, 0.6) is 0 Å². The Labute approximate surface area is 181 Å². The summed E-state index contributed by atoms with van der Waals surface area (Å²) in [5.41, 5.74) is 2.41. The van der Waals surface area contributed by atoms with E-state index in [0.29, 0.717) is 24.2 Å². The number of sulfonamides is 2. The van der Waals surface area contributed by atoms with E-state index in [2.05, 4.69) is 4.72 Å². The molecule has 0 radical (unpaired) electrons. The molecule has 3 aromatic carbocycles. The van der Waals surface area contributed by atoms with Crippen molar-refractivity contribution >= 4 is 25.7 Å². The van der Waals surface area contributed by atoms with Crippen molar-refractivity contribution < 1.29 is 21.2 Å². The fourth-order valence-corrected chi connectivity index (χ4v) is 6.22. The molecule has 4 rings (SSSR count). The zero-order chi connectivity index (χ0) is 22.1. The molecular formula is C22H21FN2O4S2. The first-order valence-corrected chi connectivity index (χ1v) is 12.7. The highest BCUT2D eigenvalue weighted by Gasteiger charge is 2.28. The van der Waals surface area contributed by atoms with E-state index in [4.69, 9.17) is 0 Å². The van der Waals surface area contributed by atoms with Crippen molar-refractivity contribution in [2.45, 2.75) is 23.6 Å². The van der Waals surface area contributed by atoms with Crippen LogP contribution in [-0.4, -0.2) is 27.7 Å². The van der Waals surface area contributed by atoms with E-state index < -0.39 is 25.9 Å².